The van der Waals surface area contributed by atoms with E-state index in [1.807, 2.05) is 11.3 Å². The van der Waals surface area contributed by atoms with E-state index in [9.17, 15) is 0 Å². The van der Waals surface area contributed by atoms with Crippen LogP contribution in [0.1, 0.15) is 43.9 Å². The number of rotatable bonds is 7. The van der Waals surface area contributed by atoms with Crippen LogP contribution in [-0.4, -0.2) is 25.8 Å². The molecule has 114 valence electrons. The number of thiophene rings is 1. The standard InChI is InChI=1S/C16H26BrNOS/c1-3-19-16(12-7-5-4-6-8-12)15(18-2)10-14-9-13(17)11-20-14/h9,11-12,15-16,18H,3-8,10H2,1-2H3. The molecule has 4 heteroatoms. The van der Waals surface area contributed by atoms with Gasteiger partial charge in [0, 0.05) is 27.4 Å². The van der Waals surface area contributed by atoms with Crippen molar-refractivity contribution in [1.82, 2.24) is 5.32 Å². The first kappa shape index (κ1) is 16.5. The third-order valence-electron chi connectivity index (χ3n) is 4.28. The van der Waals surface area contributed by atoms with Crippen LogP contribution >= 0.6 is 27.3 Å². The summed E-state index contributed by atoms with van der Waals surface area (Å²) in [7, 11) is 2.07. The lowest BCUT2D eigenvalue weighted by Gasteiger charge is -2.35. The fourth-order valence-corrected chi connectivity index (χ4v) is 4.81. The summed E-state index contributed by atoms with van der Waals surface area (Å²) in [6, 6.07) is 2.66. The van der Waals surface area contributed by atoms with E-state index in [1.54, 1.807) is 0 Å². The van der Waals surface area contributed by atoms with Crippen molar-refractivity contribution in [3.05, 3.63) is 20.8 Å². The summed E-state index contributed by atoms with van der Waals surface area (Å²) in [5.41, 5.74) is 0. The second kappa shape index (κ2) is 8.52. The van der Waals surface area contributed by atoms with Crippen LogP contribution in [0.4, 0.5) is 0 Å². The van der Waals surface area contributed by atoms with Gasteiger partial charge in [-0.05, 0) is 61.1 Å². The van der Waals surface area contributed by atoms with Crippen LogP contribution in [-0.2, 0) is 11.2 Å². The minimum Gasteiger partial charge on any atom is -0.377 e. The lowest BCUT2D eigenvalue weighted by Crippen LogP contribution is -2.46. The van der Waals surface area contributed by atoms with Crippen molar-refractivity contribution in [2.75, 3.05) is 13.7 Å². The molecule has 2 atom stereocenters. The Kier molecular flexibility index (Phi) is 7.02. The molecule has 0 bridgehead atoms. The van der Waals surface area contributed by atoms with E-state index in [0.29, 0.717) is 12.1 Å². The van der Waals surface area contributed by atoms with E-state index < -0.39 is 0 Å². The summed E-state index contributed by atoms with van der Waals surface area (Å²) in [5.74, 6) is 0.726. The van der Waals surface area contributed by atoms with Crippen molar-refractivity contribution in [2.45, 2.75) is 57.6 Å². The van der Waals surface area contributed by atoms with Gasteiger partial charge < -0.3 is 10.1 Å². The summed E-state index contributed by atoms with van der Waals surface area (Å²) < 4.78 is 7.34. The Morgan fingerprint density at radius 3 is 2.70 bits per heavy atom. The zero-order valence-electron chi connectivity index (χ0n) is 12.5. The Morgan fingerprint density at radius 2 is 2.15 bits per heavy atom. The fraction of sp³-hybridized carbons (Fsp3) is 0.750. The molecule has 0 aliphatic heterocycles. The molecule has 1 aliphatic rings. The van der Waals surface area contributed by atoms with Crippen LogP contribution < -0.4 is 5.32 Å². The van der Waals surface area contributed by atoms with Crippen molar-refractivity contribution < 1.29 is 4.74 Å². The molecule has 2 nitrogen and oxygen atoms in total. The predicted octanol–water partition coefficient (Wildman–Crippen LogP) is 4.63. The summed E-state index contributed by atoms with van der Waals surface area (Å²) in [6.45, 7) is 2.93. The highest BCUT2D eigenvalue weighted by molar-refractivity contribution is 9.10. The third kappa shape index (κ3) is 4.55. The van der Waals surface area contributed by atoms with Crippen molar-refractivity contribution in [3.63, 3.8) is 0 Å². The molecule has 1 aliphatic carbocycles. The molecule has 1 aromatic heterocycles. The summed E-state index contributed by atoms with van der Waals surface area (Å²) in [6.07, 6.45) is 8.22. The number of halogens is 1. The van der Waals surface area contributed by atoms with Crippen molar-refractivity contribution in [1.29, 1.82) is 0 Å². The van der Waals surface area contributed by atoms with Gasteiger partial charge in [-0.25, -0.2) is 0 Å². The van der Waals surface area contributed by atoms with Gasteiger partial charge in [0.25, 0.3) is 0 Å². The van der Waals surface area contributed by atoms with Gasteiger partial charge in [-0.15, -0.1) is 11.3 Å². The molecule has 2 unspecified atom stereocenters. The molecule has 1 heterocycles. The summed E-state index contributed by atoms with van der Waals surface area (Å²) in [4.78, 5) is 1.43. The Hall–Kier alpha value is 0.1000. The number of likely N-dealkylation sites (N-methyl/N-ethyl adjacent to an activating group) is 1. The zero-order valence-corrected chi connectivity index (χ0v) is 14.9. The maximum Gasteiger partial charge on any atom is 0.0759 e. The van der Waals surface area contributed by atoms with Crippen LogP contribution in [0.25, 0.3) is 0 Å². The average molecular weight is 360 g/mol. The van der Waals surface area contributed by atoms with Gasteiger partial charge in [-0.3, -0.25) is 0 Å². The van der Waals surface area contributed by atoms with Crippen LogP contribution in [0.5, 0.6) is 0 Å². The van der Waals surface area contributed by atoms with Gasteiger partial charge in [0.1, 0.15) is 0 Å². The van der Waals surface area contributed by atoms with E-state index in [-0.39, 0.29) is 0 Å². The molecule has 1 fully saturated rings. The van der Waals surface area contributed by atoms with Gasteiger partial charge in [0.05, 0.1) is 6.10 Å². The van der Waals surface area contributed by atoms with E-state index in [2.05, 4.69) is 46.7 Å². The van der Waals surface area contributed by atoms with Crippen LogP contribution in [0.15, 0.2) is 15.9 Å². The number of ether oxygens (including phenoxy) is 1. The smallest absolute Gasteiger partial charge is 0.0759 e. The Morgan fingerprint density at radius 1 is 1.40 bits per heavy atom. The molecular weight excluding hydrogens is 334 g/mol. The molecule has 2 rings (SSSR count). The molecule has 1 N–H and O–H groups in total. The molecule has 1 saturated carbocycles. The zero-order chi connectivity index (χ0) is 14.4. The highest BCUT2D eigenvalue weighted by atomic mass is 79.9. The van der Waals surface area contributed by atoms with Crippen molar-refractivity contribution in [2.24, 2.45) is 5.92 Å². The monoisotopic (exact) mass is 359 g/mol. The average Bonchev–Trinajstić information content (AvgIpc) is 2.89. The van der Waals surface area contributed by atoms with E-state index in [4.69, 9.17) is 4.74 Å². The first-order chi connectivity index (χ1) is 9.74. The Balaban J connectivity index is 2.03. The SMILES string of the molecule is CCOC(C1CCCCC1)C(Cc1cc(Br)cs1)NC. The lowest BCUT2D eigenvalue weighted by molar-refractivity contribution is -0.0157. The minimum atomic E-state index is 0.353. The maximum atomic E-state index is 6.14. The molecule has 0 spiro atoms. The molecule has 0 aromatic carbocycles. The molecule has 0 amide bonds. The first-order valence-electron chi connectivity index (χ1n) is 7.76. The van der Waals surface area contributed by atoms with Crippen LogP contribution in [0, 0.1) is 5.92 Å². The Labute approximate surface area is 135 Å². The van der Waals surface area contributed by atoms with Gasteiger partial charge in [0.15, 0.2) is 0 Å². The second-order valence-corrected chi connectivity index (χ2v) is 7.56. The second-order valence-electron chi connectivity index (χ2n) is 5.65. The largest absolute Gasteiger partial charge is 0.377 e. The quantitative estimate of drug-likeness (QED) is 0.766. The fourth-order valence-electron chi connectivity index (χ4n) is 3.30. The highest BCUT2D eigenvalue weighted by Gasteiger charge is 2.30. The van der Waals surface area contributed by atoms with Crippen molar-refractivity contribution >= 4 is 27.3 Å². The molecule has 0 saturated heterocycles. The van der Waals surface area contributed by atoms with Crippen LogP contribution in [0.3, 0.4) is 0 Å². The first-order valence-corrected chi connectivity index (χ1v) is 9.43. The Bertz CT molecular complexity index is 390. The highest BCUT2D eigenvalue weighted by Crippen LogP contribution is 2.31. The van der Waals surface area contributed by atoms with Crippen molar-refractivity contribution in [3.8, 4) is 0 Å². The molecule has 20 heavy (non-hydrogen) atoms. The summed E-state index contributed by atoms with van der Waals surface area (Å²) >= 11 is 5.38. The summed E-state index contributed by atoms with van der Waals surface area (Å²) in [5, 5.41) is 5.67. The third-order valence-corrected chi connectivity index (χ3v) is 6.00. The van der Waals surface area contributed by atoms with Gasteiger partial charge in [-0.1, -0.05) is 19.3 Å². The van der Waals surface area contributed by atoms with Gasteiger partial charge >= 0.3 is 0 Å². The van der Waals surface area contributed by atoms with Crippen LogP contribution in [0.2, 0.25) is 0 Å². The molecule has 1 aromatic rings. The topological polar surface area (TPSA) is 21.3 Å². The van der Waals surface area contributed by atoms with E-state index in [1.165, 1.54) is 41.5 Å². The molecular formula is C16H26BrNOS. The molecule has 0 radical (unpaired) electrons. The van der Waals surface area contributed by atoms with Gasteiger partial charge in [0.2, 0.25) is 0 Å². The number of nitrogens with one attached hydrogen (secondary N) is 1. The number of hydrogen-bond acceptors (Lipinski definition) is 3. The maximum absolute atomic E-state index is 6.14. The number of hydrogen-bond donors (Lipinski definition) is 1. The minimum absolute atomic E-state index is 0.353. The van der Waals surface area contributed by atoms with E-state index >= 15 is 0 Å². The lowest BCUT2D eigenvalue weighted by atomic mass is 9.81. The predicted molar refractivity (Wildman–Crippen MR) is 90.6 cm³/mol. The normalized spacial score (nSPS) is 19.9. The van der Waals surface area contributed by atoms with Gasteiger partial charge in [-0.2, -0.15) is 0 Å². The van der Waals surface area contributed by atoms with E-state index in [0.717, 1.165) is 18.9 Å².